The van der Waals surface area contributed by atoms with Crippen molar-refractivity contribution in [2.24, 2.45) is 5.92 Å². The minimum Gasteiger partial charge on any atom is -0.454 e. The molecule has 0 aliphatic carbocycles. The fraction of sp³-hybridized carbons (Fsp3) is 0.444. The lowest BCUT2D eigenvalue weighted by atomic mass is 10.0. The molecule has 0 aromatic heterocycles. The molecule has 0 unspecified atom stereocenters. The summed E-state index contributed by atoms with van der Waals surface area (Å²) >= 11 is 0. The van der Waals surface area contributed by atoms with E-state index in [1.165, 1.54) is 12.1 Å². The maximum atomic E-state index is 12.4. The summed E-state index contributed by atoms with van der Waals surface area (Å²) in [6.45, 7) is 2.04. The van der Waals surface area contributed by atoms with Gasteiger partial charge >= 0.3 is 5.97 Å². The number of carbonyl (C=O) groups excluding carboxylic acids is 4. The Kier molecular flexibility index (Phi) is 5.39. The van der Waals surface area contributed by atoms with Crippen molar-refractivity contribution in [3.63, 3.8) is 0 Å². The summed E-state index contributed by atoms with van der Waals surface area (Å²) in [6.07, 6.45) is 1.92. The summed E-state index contributed by atoms with van der Waals surface area (Å²) in [5.41, 5.74) is -0.977. The Morgan fingerprint density at radius 2 is 2.04 bits per heavy atom. The molecule has 1 aromatic carbocycles. The maximum absolute atomic E-state index is 12.4. The van der Waals surface area contributed by atoms with Gasteiger partial charge < -0.3 is 9.64 Å². The molecule has 10 heteroatoms. The number of ether oxygens (including phenoxy) is 1. The van der Waals surface area contributed by atoms with Crippen molar-refractivity contribution in [1.29, 1.82) is 0 Å². The molecule has 0 bridgehead atoms. The van der Waals surface area contributed by atoms with Crippen molar-refractivity contribution in [3.8, 4) is 0 Å². The highest BCUT2D eigenvalue weighted by atomic mass is 16.6. The van der Waals surface area contributed by atoms with Gasteiger partial charge in [0.1, 0.15) is 12.1 Å². The van der Waals surface area contributed by atoms with Crippen LogP contribution in [0, 0.1) is 16.0 Å². The van der Waals surface area contributed by atoms with Gasteiger partial charge in [-0.15, -0.1) is 0 Å². The fourth-order valence-corrected chi connectivity index (χ4v) is 3.44. The molecular formula is C18H19N3O7. The molecule has 0 N–H and O–H groups in total. The molecule has 3 rings (SSSR count). The van der Waals surface area contributed by atoms with Crippen LogP contribution in [0.1, 0.15) is 40.5 Å². The number of likely N-dealkylation sites (tertiary alicyclic amines) is 1. The number of nitrogens with zero attached hydrogens (tertiary/aromatic N) is 3. The monoisotopic (exact) mass is 389 g/mol. The van der Waals surface area contributed by atoms with E-state index in [9.17, 15) is 29.3 Å². The van der Waals surface area contributed by atoms with Crippen LogP contribution in [0.5, 0.6) is 0 Å². The Labute approximate surface area is 160 Å². The van der Waals surface area contributed by atoms with E-state index in [0.717, 1.165) is 18.9 Å². The van der Waals surface area contributed by atoms with Gasteiger partial charge in [0.05, 0.1) is 10.5 Å². The number of imide groups is 1. The molecule has 1 fully saturated rings. The predicted molar refractivity (Wildman–Crippen MR) is 94.4 cm³/mol. The lowest BCUT2D eigenvalue weighted by molar-refractivity contribution is -0.385. The maximum Gasteiger partial charge on any atom is 0.326 e. The van der Waals surface area contributed by atoms with E-state index >= 15 is 0 Å². The molecule has 0 spiro atoms. The molecule has 0 saturated carbocycles. The Hall–Kier alpha value is -3.30. The number of nitro benzene ring substituents is 1. The summed E-state index contributed by atoms with van der Waals surface area (Å²) in [4.78, 5) is 61.5. The summed E-state index contributed by atoms with van der Waals surface area (Å²) in [5, 5.41) is 11.1. The van der Waals surface area contributed by atoms with Crippen LogP contribution in [0.25, 0.3) is 0 Å². The van der Waals surface area contributed by atoms with Crippen LogP contribution in [-0.4, -0.2) is 64.7 Å². The molecule has 1 aromatic rings. The molecule has 0 radical (unpaired) electrons. The SMILES string of the molecule is C[C@@H]1CCCN(C(=O)COC(=O)CN2C(=O)c3cccc([N+](=O)[O-])c3C2=O)C1. The highest BCUT2D eigenvalue weighted by Gasteiger charge is 2.42. The summed E-state index contributed by atoms with van der Waals surface area (Å²) in [5.74, 6) is -2.63. The van der Waals surface area contributed by atoms with Crippen LogP contribution in [0.3, 0.4) is 0 Å². The van der Waals surface area contributed by atoms with Crippen molar-refractivity contribution in [2.45, 2.75) is 19.8 Å². The van der Waals surface area contributed by atoms with Crippen LogP contribution in [0.2, 0.25) is 0 Å². The molecule has 1 atom stereocenters. The zero-order valence-electron chi connectivity index (χ0n) is 15.3. The number of hydrogen-bond donors (Lipinski definition) is 0. The molecule has 3 amide bonds. The van der Waals surface area contributed by atoms with Gasteiger partial charge in [-0.2, -0.15) is 0 Å². The summed E-state index contributed by atoms with van der Waals surface area (Å²) in [6, 6.07) is 3.70. The van der Waals surface area contributed by atoms with Crippen LogP contribution < -0.4 is 0 Å². The van der Waals surface area contributed by atoms with Crippen molar-refractivity contribution in [1.82, 2.24) is 9.80 Å². The van der Waals surface area contributed by atoms with Gasteiger partial charge in [0, 0.05) is 19.2 Å². The molecule has 2 aliphatic heterocycles. The molecule has 1 saturated heterocycles. The van der Waals surface area contributed by atoms with E-state index in [1.807, 2.05) is 6.92 Å². The fourth-order valence-electron chi connectivity index (χ4n) is 3.44. The Bertz CT molecular complexity index is 867. The normalized spacial score (nSPS) is 18.8. The van der Waals surface area contributed by atoms with Crippen molar-refractivity contribution >= 4 is 29.4 Å². The van der Waals surface area contributed by atoms with Gasteiger partial charge in [0.15, 0.2) is 6.61 Å². The third kappa shape index (κ3) is 3.71. The van der Waals surface area contributed by atoms with Crippen molar-refractivity contribution in [3.05, 3.63) is 39.4 Å². The number of benzene rings is 1. The van der Waals surface area contributed by atoms with Gasteiger partial charge in [-0.3, -0.25) is 34.2 Å². The van der Waals surface area contributed by atoms with Crippen molar-refractivity contribution < 1.29 is 28.8 Å². The second-order valence-electron chi connectivity index (χ2n) is 6.90. The number of rotatable bonds is 5. The van der Waals surface area contributed by atoms with Gasteiger partial charge in [0.25, 0.3) is 23.4 Å². The van der Waals surface area contributed by atoms with Crippen molar-refractivity contribution in [2.75, 3.05) is 26.2 Å². The molecular weight excluding hydrogens is 370 g/mol. The standard InChI is InChI=1S/C18H19N3O7/c1-11-4-3-7-19(8-11)14(22)10-28-15(23)9-20-17(24)12-5-2-6-13(21(26)27)16(12)18(20)25/h2,5-6,11H,3-4,7-10H2,1H3/t11-/m1/s1. The van der Waals surface area contributed by atoms with Crippen LogP contribution >= 0.6 is 0 Å². The quantitative estimate of drug-likeness (QED) is 0.318. The van der Waals surface area contributed by atoms with E-state index in [1.54, 1.807) is 4.90 Å². The van der Waals surface area contributed by atoms with Crippen LogP contribution in [0.4, 0.5) is 5.69 Å². The summed E-state index contributed by atoms with van der Waals surface area (Å²) < 4.78 is 4.92. The topological polar surface area (TPSA) is 127 Å². The van der Waals surface area contributed by atoms with E-state index in [0.29, 0.717) is 23.9 Å². The number of carbonyl (C=O) groups is 4. The average molecular weight is 389 g/mol. The number of hydrogen-bond acceptors (Lipinski definition) is 7. The van der Waals surface area contributed by atoms with E-state index in [-0.39, 0.29) is 17.0 Å². The molecule has 2 aliphatic rings. The lowest BCUT2D eigenvalue weighted by Gasteiger charge is -2.30. The molecule has 10 nitrogen and oxygen atoms in total. The minimum atomic E-state index is -0.935. The number of amides is 3. The van der Waals surface area contributed by atoms with Crippen LogP contribution in [-0.2, 0) is 14.3 Å². The first kappa shape index (κ1) is 19.5. The molecule has 148 valence electrons. The first-order chi connectivity index (χ1) is 13.3. The van der Waals surface area contributed by atoms with Crippen LogP contribution in [0.15, 0.2) is 18.2 Å². The molecule has 2 heterocycles. The number of fused-ring (bicyclic) bond motifs is 1. The zero-order chi connectivity index (χ0) is 20.4. The Morgan fingerprint density at radius 3 is 2.71 bits per heavy atom. The van der Waals surface area contributed by atoms with Gasteiger partial charge in [-0.25, -0.2) is 0 Å². The second kappa shape index (κ2) is 7.75. The highest BCUT2D eigenvalue weighted by Crippen LogP contribution is 2.30. The largest absolute Gasteiger partial charge is 0.454 e. The minimum absolute atomic E-state index is 0.134. The predicted octanol–water partition coefficient (Wildman–Crippen LogP) is 0.992. The van der Waals surface area contributed by atoms with E-state index in [2.05, 4.69) is 0 Å². The smallest absolute Gasteiger partial charge is 0.326 e. The third-order valence-electron chi connectivity index (χ3n) is 4.83. The Balaban J connectivity index is 1.61. The van der Waals surface area contributed by atoms with E-state index < -0.39 is 41.5 Å². The highest BCUT2D eigenvalue weighted by molar-refractivity contribution is 6.24. The lowest BCUT2D eigenvalue weighted by Crippen LogP contribution is -2.42. The first-order valence-corrected chi connectivity index (χ1v) is 8.86. The number of nitro groups is 1. The second-order valence-corrected chi connectivity index (χ2v) is 6.90. The Morgan fingerprint density at radius 1 is 1.29 bits per heavy atom. The first-order valence-electron chi connectivity index (χ1n) is 8.86. The summed E-state index contributed by atoms with van der Waals surface area (Å²) in [7, 11) is 0. The third-order valence-corrected chi connectivity index (χ3v) is 4.83. The zero-order valence-corrected chi connectivity index (χ0v) is 15.3. The molecule has 28 heavy (non-hydrogen) atoms. The average Bonchev–Trinajstić information content (AvgIpc) is 2.91. The number of piperidine rings is 1. The number of esters is 1. The van der Waals surface area contributed by atoms with E-state index in [4.69, 9.17) is 4.74 Å². The van der Waals surface area contributed by atoms with Gasteiger partial charge in [-0.05, 0) is 24.8 Å². The van der Waals surface area contributed by atoms with Gasteiger partial charge in [0.2, 0.25) is 0 Å². The van der Waals surface area contributed by atoms with Gasteiger partial charge in [-0.1, -0.05) is 13.0 Å².